The number of phenolic OH excluding ortho intramolecular Hbond substituents is 2. The molecule has 0 fully saturated rings. The molecule has 0 atom stereocenters. The number of ether oxygens (including phenoxy) is 1. The fraction of sp³-hybridized carbons (Fsp3) is 0. The van der Waals surface area contributed by atoms with Gasteiger partial charge in [0.1, 0.15) is 17.1 Å². The van der Waals surface area contributed by atoms with Gasteiger partial charge >= 0.3 is 11.9 Å². The van der Waals surface area contributed by atoms with Crippen molar-refractivity contribution >= 4 is 35.1 Å². The molecule has 0 spiro atoms. The monoisotopic (exact) mass is 326 g/mol. The molecule has 0 aliphatic rings. The Morgan fingerprint density at radius 1 is 0.810 bits per heavy atom. The molecule has 0 aliphatic carbocycles. The lowest BCUT2D eigenvalue weighted by Crippen LogP contribution is -2.14. The van der Waals surface area contributed by atoms with Gasteiger partial charge in [-0.05, 0) is 24.3 Å². The second-order valence-corrected chi connectivity index (χ2v) is 4.76. The van der Waals surface area contributed by atoms with Gasteiger partial charge < -0.3 is 14.9 Å². The van der Waals surface area contributed by atoms with Crippen molar-refractivity contribution in [3.8, 4) is 11.5 Å². The van der Waals surface area contributed by atoms with E-state index in [0.29, 0.717) is 0 Å². The standard InChI is InChI=1S/C14H8Cl2O5/c15-7-3-1-4-8(16)11(7)13(19)21-14(20)12-9(17)5-2-6-10(12)18/h1-6,17-18H. The maximum Gasteiger partial charge on any atom is 0.353 e. The topological polar surface area (TPSA) is 83.8 Å². The van der Waals surface area contributed by atoms with Crippen molar-refractivity contribution < 1.29 is 24.5 Å². The quantitative estimate of drug-likeness (QED) is 0.652. The Morgan fingerprint density at radius 2 is 1.24 bits per heavy atom. The molecular formula is C14H8Cl2O5. The molecule has 0 radical (unpaired) electrons. The SMILES string of the molecule is O=C(OC(=O)c1c(Cl)cccc1Cl)c1c(O)cccc1O. The number of benzene rings is 2. The van der Waals surface area contributed by atoms with Crippen molar-refractivity contribution in [2.24, 2.45) is 0 Å². The molecule has 0 heterocycles. The van der Waals surface area contributed by atoms with Crippen LogP contribution in [0.5, 0.6) is 11.5 Å². The van der Waals surface area contributed by atoms with Gasteiger partial charge in [-0.25, -0.2) is 9.59 Å². The van der Waals surface area contributed by atoms with Crippen LogP contribution >= 0.6 is 23.2 Å². The summed E-state index contributed by atoms with van der Waals surface area (Å²) in [6, 6.07) is 8.01. The van der Waals surface area contributed by atoms with E-state index in [1.807, 2.05) is 0 Å². The predicted octanol–water partition coefficient (Wildman–Crippen LogP) is 3.40. The number of rotatable bonds is 2. The van der Waals surface area contributed by atoms with Gasteiger partial charge in [0.25, 0.3) is 0 Å². The van der Waals surface area contributed by atoms with Crippen molar-refractivity contribution in [3.63, 3.8) is 0 Å². The van der Waals surface area contributed by atoms with Crippen molar-refractivity contribution in [2.75, 3.05) is 0 Å². The molecule has 0 unspecified atom stereocenters. The number of hydrogen-bond donors (Lipinski definition) is 2. The number of phenols is 2. The lowest BCUT2D eigenvalue weighted by molar-refractivity contribution is 0.0394. The van der Waals surface area contributed by atoms with Crippen molar-refractivity contribution in [1.29, 1.82) is 0 Å². The Kier molecular flexibility index (Phi) is 4.35. The molecule has 21 heavy (non-hydrogen) atoms. The second kappa shape index (κ2) is 6.03. The maximum absolute atomic E-state index is 11.9. The van der Waals surface area contributed by atoms with E-state index in [0.717, 1.165) is 0 Å². The van der Waals surface area contributed by atoms with E-state index >= 15 is 0 Å². The zero-order chi connectivity index (χ0) is 15.6. The van der Waals surface area contributed by atoms with Crippen LogP contribution in [0.25, 0.3) is 0 Å². The van der Waals surface area contributed by atoms with Gasteiger partial charge in [0, 0.05) is 0 Å². The molecule has 5 nitrogen and oxygen atoms in total. The molecule has 7 heteroatoms. The average Bonchev–Trinajstić information content (AvgIpc) is 2.38. The fourth-order valence-corrected chi connectivity index (χ4v) is 2.17. The van der Waals surface area contributed by atoms with Gasteiger partial charge in [-0.2, -0.15) is 0 Å². The molecule has 0 amide bonds. The zero-order valence-corrected chi connectivity index (χ0v) is 11.9. The van der Waals surface area contributed by atoms with Crippen LogP contribution in [0.1, 0.15) is 20.7 Å². The van der Waals surface area contributed by atoms with Crippen molar-refractivity contribution in [1.82, 2.24) is 0 Å². The number of hydrogen-bond acceptors (Lipinski definition) is 5. The maximum atomic E-state index is 11.9. The Balaban J connectivity index is 2.30. The first-order valence-electron chi connectivity index (χ1n) is 5.63. The van der Waals surface area contributed by atoms with Gasteiger partial charge in [0.15, 0.2) is 0 Å². The first-order valence-corrected chi connectivity index (χ1v) is 6.39. The summed E-state index contributed by atoms with van der Waals surface area (Å²) in [5.74, 6) is -3.33. The van der Waals surface area contributed by atoms with Crippen LogP contribution in [0.15, 0.2) is 36.4 Å². The summed E-state index contributed by atoms with van der Waals surface area (Å²) in [5.41, 5.74) is -0.696. The van der Waals surface area contributed by atoms with Crippen LogP contribution in [0.2, 0.25) is 10.0 Å². The number of halogens is 2. The highest BCUT2D eigenvalue weighted by Crippen LogP contribution is 2.29. The highest BCUT2D eigenvalue weighted by molar-refractivity contribution is 6.39. The molecule has 2 aromatic rings. The average molecular weight is 327 g/mol. The van der Waals surface area contributed by atoms with E-state index in [1.165, 1.54) is 36.4 Å². The van der Waals surface area contributed by atoms with E-state index in [1.54, 1.807) is 0 Å². The fourth-order valence-electron chi connectivity index (χ4n) is 1.62. The van der Waals surface area contributed by atoms with Crippen LogP contribution < -0.4 is 0 Å². The third-order valence-corrected chi connectivity index (χ3v) is 3.21. The summed E-state index contributed by atoms with van der Waals surface area (Å²) in [6.07, 6.45) is 0. The first-order chi connectivity index (χ1) is 9.91. The number of aromatic hydroxyl groups is 2. The summed E-state index contributed by atoms with van der Waals surface area (Å²) in [4.78, 5) is 23.8. The summed E-state index contributed by atoms with van der Waals surface area (Å²) >= 11 is 11.6. The van der Waals surface area contributed by atoms with Gasteiger partial charge in [-0.15, -0.1) is 0 Å². The number of esters is 2. The van der Waals surface area contributed by atoms with Crippen molar-refractivity contribution in [3.05, 3.63) is 57.6 Å². The van der Waals surface area contributed by atoms with Crippen LogP contribution in [-0.2, 0) is 4.74 Å². The Labute approximate surface area is 129 Å². The summed E-state index contributed by atoms with van der Waals surface area (Å²) in [6.45, 7) is 0. The van der Waals surface area contributed by atoms with E-state index in [9.17, 15) is 19.8 Å². The van der Waals surface area contributed by atoms with Gasteiger partial charge in [0.2, 0.25) is 0 Å². The van der Waals surface area contributed by atoms with E-state index < -0.39 is 29.0 Å². The largest absolute Gasteiger partial charge is 0.507 e. The van der Waals surface area contributed by atoms with E-state index in [2.05, 4.69) is 4.74 Å². The minimum Gasteiger partial charge on any atom is -0.507 e. The van der Waals surface area contributed by atoms with E-state index in [-0.39, 0.29) is 15.6 Å². The summed E-state index contributed by atoms with van der Waals surface area (Å²) < 4.78 is 4.58. The zero-order valence-electron chi connectivity index (χ0n) is 10.3. The second-order valence-electron chi connectivity index (χ2n) is 3.94. The molecule has 2 rings (SSSR count). The van der Waals surface area contributed by atoms with Gasteiger partial charge in [0.05, 0.1) is 15.6 Å². The minimum atomic E-state index is -1.22. The summed E-state index contributed by atoms with van der Waals surface area (Å²) in [7, 11) is 0. The molecule has 0 bridgehead atoms. The van der Waals surface area contributed by atoms with Crippen LogP contribution in [0, 0.1) is 0 Å². The first kappa shape index (κ1) is 15.2. The molecule has 2 aromatic carbocycles. The van der Waals surface area contributed by atoms with Crippen molar-refractivity contribution in [2.45, 2.75) is 0 Å². The van der Waals surface area contributed by atoms with E-state index in [4.69, 9.17) is 23.2 Å². The third-order valence-electron chi connectivity index (χ3n) is 2.58. The predicted molar refractivity (Wildman–Crippen MR) is 76.0 cm³/mol. The Bertz CT molecular complexity index is 625. The number of carbonyl (C=O) groups is 2. The van der Waals surface area contributed by atoms with Crippen LogP contribution in [0.3, 0.4) is 0 Å². The molecular weight excluding hydrogens is 319 g/mol. The summed E-state index contributed by atoms with van der Waals surface area (Å²) in [5, 5.41) is 19.1. The molecule has 0 aromatic heterocycles. The highest BCUT2D eigenvalue weighted by atomic mass is 35.5. The van der Waals surface area contributed by atoms with Crippen LogP contribution in [-0.4, -0.2) is 22.2 Å². The van der Waals surface area contributed by atoms with Gasteiger partial charge in [-0.1, -0.05) is 35.3 Å². The molecule has 0 aliphatic heterocycles. The number of carbonyl (C=O) groups excluding carboxylic acids is 2. The smallest absolute Gasteiger partial charge is 0.353 e. The molecule has 108 valence electrons. The molecule has 0 saturated heterocycles. The Morgan fingerprint density at radius 3 is 1.76 bits per heavy atom. The van der Waals surface area contributed by atoms with Crippen LogP contribution in [0.4, 0.5) is 0 Å². The normalized spacial score (nSPS) is 10.2. The molecule has 2 N–H and O–H groups in total. The Hall–Kier alpha value is -2.24. The lowest BCUT2D eigenvalue weighted by atomic mass is 10.2. The highest BCUT2D eigenvalue weighted by Gasteiger charge is 2.24. The molecule has 0 saturated carbocycles. The minimum absolute atomic E-state index is 0.0156. The third kappa shape index (κ3) is 3.09. The van der Waals surface area contributed by atoms with Gasteiger partial charge in [-0.3, -0.25) is 0 Å². The lowest BCUT2D eigenvalue weighted by Gasteiger charge is -2.08.